The zero-order valence-corrected chi connectivity index (χ0v) is 5.87. The Morgan fingerprint density at radius 2 is 2.08 bits per heavy atom. The molecule has 12 heavy (non-hydrogen) atoms. The second kappa shape index (κ2) is 3.00. The number of aliphatic carboxylic acids is 1. The van der Waals surface area contributed by atoms with E-state index in [4.69, 9.17) is 0 Å². The van der Waals surface area contributed by atoms with Crippen LogP contribution < -0.4 is 10.7 Å². The van der Waals surface area contributed by atoms with Crippen LogP contribution in [0.3, 0.4) is 0 Å². The first-order chi connectivity index (χ1) is 5.63. The molecule has 1 heterocycles. The summed E-state index contributed by atoms with van der Waals surface area (Å²) in [6.07, 6.45) is 1.30. The molecular weight excluding hydrogens is 162 g/mol. The second-order valence-corrected chi connectivity index (χ2v) is 2.03. The number of carbonyl (C=O) groups excluding carboxylic acids is 2. The van der Waals surface area contributed by atoms with Crippen molar-refractivity contribution in [2.45, 2.75) is 0 Å². The Bertz CT molecular complexity index is 379. The standard InChI is InChI=1S/C7H5NO4/c9-5(7(11)12)4-2-1-3-8-6(4)10/h1-3H,(H,8,10)(H,11,12)/p-1. The monoisotopic (exact) mass is 166 g/mol. The van der Waals surface area contributed by atoms with Gasteiger partial charge in [-0.25, -0.2) is 0 Å². The number of hydrogen-bond acceptors (Lipinski definition) is 4. The highest BCUT2D eigenvalue weighted by atomic mass is 16.4. The average molecular weight is 166 g/mol. The van der Waals surface area contributed by atoms with E-state index in [0.29, 0.717) is 0 Å². The third-order valence-corrected chi connectivity index (χ3v) is 1.25. The summed E-state index contributed by atoms with van der Waals surface area (Å²) in [6, 6.07) is 2.48. The van der Waals surface area contributed by atoms with Crippen LogP contribution in [0.25, 0.3) is 0 Å². The van der Waals surface area contributed by atoms with E-state index in [1.807, 2.05) is 0 Å². The lowest BCUT2D eigenvalue weighted by Crippen LogP contribution is -2.34. The molecule has 0 spiro atoms. The minimum Gasteiger partial charge on any atom is -0.541 e. The molecule has 0 saturated carbocycles. The molecule has 0 aliphatic heterocycles. The predicted molar refractivity (Wildman–Crippen MR) is 36.4 cm³/mol. The van der Waals surface area contributed by atoms with Crippen molar-refractivity contribution in [1.82, 2.24) is 4.98 Å². The third kappa shape index (κ3) is 1.39. The molecule has 62 valence electrons. The summed E-state index contributed by atoms with van der Waals surface area (Å²) < 4.78 is 0. The number of nitrogens with one attached hydrogen (secondary N) is 1. The van der Waals surface area contributed by atoms with Gasteiger partial charge in [0.1, 0.15) is 5.97 Å². The smallest absolute Gasteiger partial charge is 0.259 e. The van der Waals surface area contributed by atoms with E-state index in [9.17, 15) is 19.5 Å². The van der Waals surface area contributed by atoms with Gasteiger partial charge < -0.3 is 14.9 Å². The van der Waals surface area contributed by atoms with Gasteiger partial charge in [-0.2, -0.15) is 0 Å². The molecule has 0 aromatic carbocycles. The van der Waals surface area contributed by atoms with Gasteiger partial charge in [-0.1, -0.05) is 0 Å². The first-order valence-corrected chi connectivity index (χ1v) is 3.06. The zero-order chi connectivity index (χ0) is 9.14. The molecule has 0 amide bonds. The second-order valence-electron chi connectivity index (χ2n) is 2.03. The summed E-state index contributed by atoms with van der Waals surface area (Å²) >= 11 is 0. The number of ketones is 1. The first-order valence-electron chi connectivity index (χ1n) is 3.06. The molecule has 1 rings (SSSR count). The maximum atomic E-state index is 10.8. The largest absolute Gasteiger partial charge is 0.541 e. The number of H-pyrrole nitrogens is 1. The number of pyridine rings is 1. The zero-order valence-electron chi connectivity index (χ0n) is 5.87. The number of rotatable bonds is 2. The fourth-order valence-electron chi connectivity index (χ4n) is 0.710. The number of Topliss-reactive ketones (excluding diaryl/α,β-unsaturated/α-hetero) is 1. The van der Waals surface area contributed by atoms with Gasteiger partial charge in [0.25, 0.3) is 5.56 Å². The van der Waals surface area contributed by atoms with Crippen LogP contribution in [-0.4, -0.2) is 16.7 Å². The van der Waals surface area contributed by atoms with E-state index in [1.54, 1.807) is 0 Å². The Morgan fingerprint density at radius 3 is 2.58 bits per heavy atom. The van der Waals surface area contributed by atoms with Crippen LogP contribution in [-0.2, 0) is 4.79 Å². The van der Waals surface area contributed by atoms with Gasteiger partial charge in [0.2, 0.25) is 5.78 Å². The van der Waals surface area contributed by atoms with Crippen molar-refractivity contribution in [1.29, 1.82) is 0 Å². The fraction of sp³-hybridized carbons (Fsp3) is 0. The van der Waals surface area contributed by atoms with Crippen molar-refractivity contribution in [2.24, 2.45) is 0 Å². The Labute approximate surface area is 66.7 Å². The predicted octanol–water partition coefficient (Wildman–Crippen LogP) is -1.69. The Balaban J connectivity index is 3.21. The molecule has 0 fully saturated rings. The lowest BCUT2D eigenvalue weighted by molar-refractivity contribution is -0.296. The summed E-state index contributed by atoms with van der Waals surface area (Å²) in [7, 11) is 0. The first kappa shape index (κ1) is 8.19. The molecule has 1 aromatic heterocycles. The van der Waals surface area contributed by atoms with Crippen molar-refractivity contribution < 1.29 is 14.7 Å². The van der Waals surface area contributed by atoms with Crippen LogP contribution in [0, 0.1) is 0 Å². The van der Waals surface area contributed by atoms with Crippen molar-refractivity contribution >= 4 is 11.8 Å². The quantitative estimate of drug-likeness (QED) is 0.419. The van der Waals surface area contributed by atoms with E-state index in [-0.39, 0.29) is 0 Å². The summed E-state index contributed by atoms with van der Waals surface area (Å²) in [6.45, 7) is 0. The molecule has 5 nitrogen and oxygen atoms in total. The molecule has 5 heteroatoms. The Hall–Kier alpha value is -1.91. The molecular formula is C7H4NO4-. The number of carbonyl (C=O) groups is 2. The summed E-state index contributed by atoms with van der Waals surface area (Å²) in [5.41, 5.74) is -1.15. The average Bonchev–Trinajstić information content (AvgIpc) is 2.04. The van der Waals surface area contributed by atoms with Crippen molar-refractivity contribution in [3.05, 3.63) is 34.2 Å². The summed E-state index contributed by atoms with van der Waals surface area (Å²) in [4.78, 5) is 33.7. The van der Waals surface area contributed by atoms with Crippen LogP contribution in [0.5, 0.6) is 0 Å². The minimum absolute atomic E-state index is 0.419. The van der Waals surface area contributed by atoms with Gasteiger partial charge >= 0.3 is 0 Å². The number of aromatic nitrogens is 1. The van der Waals surface area contributed by atoms with Gasteiger partial charge in [0, 0.05) is 6.20 Å². The highest BCUT2D eigenvalue weighted by Crippen LogP contribution is 1.89. The van der Waals surface area contributed by atoms with Gasteiger partial charge in [0.05, 0.1) is 5.56 Å². The topological polar surface area (TPSA) is 90.1 Å². The SMILES string of the molecule is O=C([O-])C(=O)c1ccc[nH]c1=O. The molecule has 0 atom stereocenters. The van der Waals surface area contributed by atoms with Crippen LogP contribution in [0.4, 0.5) is 0 Å². The highest BCUT2D eigenvalue weighted by molar-refractivity contribution is 6.38. The van der Waals surface area contributed by atoms with Crippen molar-refractivity contribution in [3.8, 4) is 0 Å². The molecule has 1 aromatic rings. The van der Waals surface area contributed by atoms with Crippen LogP contribution >= 0.6 is 0 Å². The van der Waals surface area contributed by atoms with Crippen molar-refractivity contribution in [2.75, 3.05) is 0 Å². The molecule has 0 saturated heterocycles. The minimum atomic E-state index is -1.88. The van der Waals surface area contributed by atoms with Gasteiger partial charge in [-0.3, -0.25) is 9.59 Å². The summed E-state index contributed by atoms with van der Waals surface area (Å²) in [5, 5.41) is 10.0. The highest BCUT2D eigenvalue weighted by Gasteiger charge is 2.09. The number of carboxylic acid groups (broad SMARTS) is 1. The van der Waals surface area contributed by atoms with E-state index < -0.39 is 22.9 Å². The lowest BCUT2D eigenvalue weighted by atomic mass is 10.2. The van der Waals surface area contributed by atoms with Crippen LogP contribution in [0.2, 0.25) is 0 Å². The van der Waals surface area contributed by atoms with E-state index >= 15 is 0 Å². The van der Waals surface area contributed by atoms with E-state index in [0.717, 1.165) is 6.07 Å². The molecule has 1 N–H and O–H groups in total. The molecule has 0 bridgehead atoms. The number of aromatic amines is 1. The Kier molecular flexibility index (Phi) is 2.05. The third-order valence-electron chi connectivity index (χ3n) is 1.25. The maximum Gasteiger partial charge on any atom is 0.259 e. The van der Waals surface area contributed by atoms with Gasteiger partial charge in [-0.15, -0.1) is 0 Å². The molecule has 0 radical (unpaired) electrons. The molecule has 0 unspecified atom stereocenters. The normalized spacial score (nSPS) is 9.33. The lowest BCUT2D eigenvalue weighted by Gasteiger charge is -1.98. The summed E-state index contributed by atoms with van der Waals surface area (Å²) in [5.74, 6) is -3.19. The molecule has 0 aliphatic rings. The fourth-order valence-corrected chi connectivity index (χ4v) is 0.710. The maximum absolute atomic E-state index is 10.8. The van der Waals surface area contributed by atoms with Crippen molar-refractivity contribution in [3.63, 3.8) is 0 Å². The van der Waals surface area contributed by atoms with Gasteiger partial charge in [-0.05, 0) is 12.1 Å². The van der Waals surface area contributed by atoms with E-state index in [2.05, 4.69) is 4.98 Å². The number of carboxylic acids is 1. The Morgan fingerprint density at radius 1 is 1.42 bits per heavy atom. The number of hydrogen-bond donors (Lipinski definition) is 1. The van der Waals surface area contributed by atoms with Crippen LogP contribution in [0.1, 0.15) is 10.4 Å². The van der Waals surface area contributed by atoms with Crippen LogP contribution in [0.15, 0.2) is 23.1 Å². The van der Waals surface area contributed by atoms with Gasteiger partial charge in [0.15, 0.2) is 0 Å². The molecule has 0 aliphatic carbocycles. The van der Waals surface area contributed by atoms with E-state index in [1.165, 1.54) is 12.3 Å².